The van der Waals surface area contributed by atoms with Gasteiger partial charge in [-0.25, -0.2) is 0 Å². The van der Waals surface area contributed by atoms with Crippen molar-refractivity contribution in [1.82, 2.24) is 0 Å². The molecule has 0 aliphatic heterocycles. The molecule has 0 amide bonds. The molecule has 154 valence electrons. The lowest BCUT2D eigenvalue weighted by Gasteiger charge is -2.18. The summed E-state index contributed by atoms with van der Waals surface area (Å²) >= 11 is 1.75. The molecule has 0 aliphatic rings. The molecule has 1 aromatic carbocycles. The van der Waals surface area contributed by atoms with Gasteiger partial charge >= 0.3 is 0 Å². The molecule has 0 unspecified atom stereocenters. The molecular formula is C26H38OS. The van der Waals surface area contributed by atoms with Crippen molar-refractivity contribution in [3.8, 4) is 0 Å². The van der Waals surface area contributed by atoms with Gasteiger partial charge in [0.25, 0.3) is 0 Å². The van der Waals surface area contributed by atoms with E-state index in [9.17, 15) is 4.79 Å². The lowest BCUT2D eigenvalue weighted by molar-refractivity contribution is 0.0855. The largest absolute Gasteiger partial charge is 0.294 e. The Morgan fingerprint density at radius 3 is 2.07 bits per heavy atom. The summed E-state index contributed by atoms with van der Waals surface area (Å²) < 4.78 is 0. The highest BCUT2D eigenvalue weighted by atomic mass is 32.2. The van der Waals surface area contributed by atoms with E-state index in [0.717, 1.165) is 41.9 Å². The van der Waals surface area contributed by atoms with Gasteiger partial charge < -0.3 is 0 Å². The molecule has 0 fully saturated rings. The molecule has 0 saturated carbocycles. The second kappa shape index (κ2) is 12.1. The van der Waals surface area contributed by atoms with Gasteiger partial charge in [0.2, 0.25) is 0 Å². The minimum Gasteiger partial charge on any atom is -0.294 e. The lowest BCUT2D eigenvalue weighted by atomic mass is 9.86. The molecular weight excluding hydrogens is 360 g/mol. The van der Waals surface area contributed by atoms with Crippen molar-refractivity contribution in [2.24, 2.45) is 5.41 Å². The van der Waals surface area contributed by atoms with E-state index in [1.807, 2.05) is 39.0 Å². The maximum absolute atomic E-state index is 12.7. The number of hydrogen-bond acceptors (Lipinski definition) is 2. The van der Waals surface area contributed by atoms with Crippen LogP contribution < -0.4 is 0 Å². The normalized spacial score (nSPS) is 12.8. The third-order valence-electron chi connectivity index (χ3n) is 4.61. The van der Waals surface area contributed by atoms with Crippen LogP contribution in [0.1, 0.15) is 84.5 Å². The molecule has 2 heteroatoms. The van der Waals surface area contributed by atoms with Gasteiger partial charge in [-0.15, -0.1) is 11.8 Å². The van der Waals surface area contributed by atoms with Crippen LogP contribution in [0.15, 0.2) is 64.1 Å². The minimum atomic E-state index is -0.349. The number of benzene rings is 1. The summed E-state index contributed by atoms with van der Waals surface area (Å²) in [5.74, 6) is 1.12. The van der Waals surface area contributed by atoms with E-state index >= 15 is 0 Å². The van der Waals surface area contributed by atoms with E-state index in [4.69, 9.17) is 0 Å². The molecule has 1 aromatic rings. The van der Waals surface area contributed by atoms with Crippen LogP contribution in [-0.2, 0) is 0 Å². The SMILES string of the molecule is CC(C)=CCC/C(C)=C/CC/C(C)=C/CSc1ccccc1C(=O)C(C)(C)C. The van der Waals surface area contributed by atoms with Crippen molar-refractivity contribution in [3.63, 3.8) is 0 Å². The molecule has 0 spiro atoms. The molecule has 0 radical (unpaired) electrons. The summed E-state index contributed by atoms with van der Waals surface area (Å²) in [5.41, 5.74) is 4.80. The van der Waals surface area contributed by atoms with Crippen molar-refractivity contribution >= 4 is 17.5 Å². The first-order valence-corrected chi connectivity index (χ1v) is 11.3. The quantitative estimate of drug-likeness (QED) is 0.223. The summed E-state index contributed by atoms with van der Waals surface area (Å²) in [6, 6.07) is 7.98. The summed E-state index contributed by atoms with van der Waals surface area (Å²) in [7, 11) is 0. The predicted octanol–water partition coefficient (Wildman–Crippen LogP) is 8.43. The first-order chi connectivity index (χ1) is 13.1. The highest BCUT2D eigenvalue weighted by molar-refractivity contribution is 7.99. The molecule has 0 saturated heterocycles. The molecule has 0 aliphatic carbocycles. The lowest BCUT2D eigenvalue weighted by Crippen LogP contribution is -2.20. The Labute approximate surface area is 177 Å². The van der Waals surface area contributed by atoms with E-state index in [1.54, 1.807) is 11.8 Å². The number of ketones is 1. The monoisotopic (exact) mass is 398 g/mol. The van der Waals surface area contributed by atoms with Crippen LogP contribution in [0.25, 0.3) is 0 Å². The van der Waals surface area contributed by atoms with Crippen LogP contribution in [0.5, 0.6) is 0 Å². The van der Waals surface area contributed by atoms with Gasteiger partial charge in [-0.1, -0.05) is 73.9 Å². The van der Waals surface area contributed by atoms with Gasteiger partial charge in [0, 0.05) is 21.6 Å². The van der Waals surface area contributed by atoms with Gasteiger partial charge in [0.1, 0.15) is 0 Å². The maximum atomic E-state index is 12.7. The van der Waals surface area contributed by atoms with Crippen LogP contribution in [0, 0.1) is 5.41 Å². The molecule has 1 rings (SSSR count). The Bertz CT molecular complexity index is 725. The van der Waals surface area contributed by atoms with Crippen LogP contribution in [0.4, 0.5) is 0 Å². The highest BCUT2D eigenvalue weighted by Crippen LogP contribution is 2.29. The fourth-order valence-corrected chi connectivity index (χ4v) is 3.84. The number of carbonyl (C=O) groups excluding carboxylic acids is 1. The van der Waals surface area contributed by atoms with Gasteiger partial charge in [-0.05, 0) is 59.4 Å². The topological polar surface area (TPSA) is 17.1 Å². The van der Waals surface area contributed by atoms with Crippen LogP contribution in [0.3, 0.4) is 0 Å². The van der Waals surface area contributed by atoms with E-state index in [2.05, 4.69) is 52.0 Å². The van der Waals surface area contributed by atoms with Gasteiger partial charge in [-0.3, -0.25) is 4.79 Å². The Hall–Kier alpha value is -1.54. The number of carbonyl (C=O) groups is 1. The van der Waals surface area contributed by atoms with Crippen LogP contribution in [-0.4, -0.2) is 11.5 Å². The Balaban J connectivity index is 2.53. The predicted molar refractivity (Wildman–Crippen MR) is 126 cm³/mol. The zero-order valence-electron chi connectivity index (χ0n) is 18.9. The highest BCUT2D eigenvalue weighted by Gasteiger charge is 2.24. The van der Waals surface area contributed by atoms with E-state index in [-0.39, 0.29) is 11.2 Å². The second-order valence-corrected chi connectivity index (χ2v) is 9.91. The average molecular weight is 399 g/mol. The molecule has 0 aromatic heterocycles. The van der Waals surface area contributed by atoms with E-state index < -0.39 is 0 Å². The zero-order valence-corrected chi connectivity index (χ0v) is 19.7. The first kappa shape index (κ1) is 24.5. The minimum absolute atomic E-state index is 0.213. The maximum Gasteiger partial charge on any atom is 0.169 e. The molecule has 28 heavy (non-hydrogen) atoms. The molecule has 0 N–H and O–H groups in total. The standard InChI is InChI=1S/C26H38OS/c1-20(2)12-10-13-21(3)14-11-15-22(4)18-19-28-24-17-9-8-16-23(24)25(27)26(5,6)7/h8-9,12,14,16-18H,10-11,13,15,19H2,1-7H3/b21-14+,22-18+. The smallest absolute Gasteiger partial charge is 0.169 e. The van der Waals surface area contributed by atoms with Gasteiger partial charge in [-0.2, -0.15) is 0 Å². The Morgan fingerprint density at radius 1 is 0.893 bits per heavy atom. The number of hydrogen-bond donors (Lipinski definition) is 0. The molecule has 0 bridgehead atoms. The van der Waals surface area contributed by atoms with Crippen LogP contribution in [0.2, 0.25) is 0 Å². The van der Waals surface area contributed by atoms with Gasteiger partial charge in [0.15, 0.2) is 5.78 Å². The van der Waals surface area contributed by atoms with Crippen molar-refractivity contribution in [2.75, 3.05) is 5.75 Å². The third kappa shape index (κ3) is 9.59. The Kier molecular flexibility index (Phi) is 10.6. The van der Waals surface area contributed by atoms with Gasteiger partial charge in [0.05, 0.1) is 0 Å². The van der Waals surface area contributed by atoms with Crippen molar-refractivity contribution in [3.05, 3.63) is 64.8 Å². The van der Waals surface area contributed by atoms with Crippen LogP contribution >= 0.6 is 11.8 Å². The number of rotatable bonds is 10. The number of Topliss-reactive ketones (excluding diaryl/α,β-unsaturated/α-hetero) is 1. The second-order valence-electron chi connectivity index (χ2n) is 8.85. The Morgan fingerprint density at radius 2 is 1.46 bits per heavy atom. The fraction of sp³-hybridized carbons (Fsp3) is 0.500. The summed E-state index contributed by atoms with van der Waals surface area (Å²) in [6.07, 6.45) is 11.5. The summed E-state index contributed by atoms with van der Waals surface area (Å²) in [5, 5.41) is 0. The van der Waals surface area contributed by atoms with Crippen molar-refractivity contribution < 1.29 is 4.79 Å². The summed E-state index contributed by atoms with van der Waals surface area (Å²) in [6.45, 7) is 14.7. The fourth-order valence-electron chi connectivity index (χ4n) is 2.80. The third-order valence-corrected chi connectivity index (χ3v) is 5.61. The van der Waals surface area contributed by atoms with Crippen molar-refractivity contribution in [1.29, 1.82) is 0 Å². The number of allylic oxidation sites excluding steroid dienone is 5. The first-order valence-electron chi connectivity index (χ1n) is 10.3. The molecule has 0 atom stereocenters. The van der Waals surface area contributed by atoms with E-state index in [0.29, 0.717) is 0 Å². The summed E-state index contributed by atoms with van der Waals surface area (Å²) in [4.78, 5) is 13.7. The zero-order chi connectivity index (χ0) is 21.2. The van der Waals surface area contributed by atoms with Crippen molar-refractivity contribution in [2.45, 2.75) is 79.0 Å². The number of thioether (sulfide) groups is 1. The van der Waals surface area contributed by atoms with E-state index in [1.165, 1.54) is 16.7 Å². The molecule has 0 heterocycles. The average Bonchev–Trinajstić information content (AvgIpc) is 2.60. The molecule has 1 nitrogen and oxygen atoms in total.